The molecule has 0 bridgehead atoms. The quantitative estimate of drug-likeness (QED) is 0.368. The number of amides is 1. The molecule has 166 valence electrons. The van der Waals surface area contributed by atoms with Crippen LogP contribution >= 0.6 is 0 Å². The Labute approximate surface area is 191 Å². The number of hydrogen-bond acceptors (Lipinski definition) is 3. The summed E-state index contributed by atoms with van der Waals surface area (Å²) < 4.78 is 19.9. The van der Waals surface area contributed by atoms with Crippen LogP contribution in [0, 0.1) is 19.7 Å². The molecule has 33 heavy (non-hydrogen) atoms. The third-order valence-corrected chi connectivity index (χ3v) is 6.52. The zero-order chi connectivity index (χ0) is 23.4. The fraction of sp³-hybridized carbons (Fsp3) is 0.214. The summed E-state index contributed by atoms with van der Waals surface area (Å²) in [6.07, 6.45) is 0. The summed E-state index contributed by atoms with van der Waals surface area (Å²) >= 11 is 0. The first-order valence-electron chi connectivity index (χ1n) is 11.0. The Morgan fingerprint density at radius 3 is 2.30 bits per heavy atom. The number of carbonyl (C=O) groups excluding carboxylic acids is 1. The average molecular weight is 442 g/mol. The lowest BCUT2D eigenvalue weighted by Gasteiger charge is -2.26. The summed E-state index contributed by atoms with van der Waals surface area (Å²) in [6, 6.07) is 16.8. The van der Waals surface area contributed by atoms with Crippen LogP contribution < -0.4 is 10.3 Å². The topological polar surface area (TPSA) is 50.5 Å². The number of fused-ring (bicyclic) bond motifs is 2. The lowest BCUT2D eigenvalue weighted by atomic mass is 9.95. The SMILES string of the molecule is Cc1ccc(N2C(=O)c3oc4ccc(F)cc4c(=O)c3C2c2ccc(C(C)C)cc2)cc1C. The zero-order valence-corrected chi connectivity index (χ0v) is 19.0. The predicted molar refractivity (Wildman–Crippen MR) is 128 cm³/mol. The van der Waals surface area contributed by atoms with E-state index in [2.05, 4.69) is 13.8 Å². The highest BCUT2D eigenvalue weighted by Gasteiger charge is 2.43. The fourth-order valence-electron chi connectivity index (χ4n) is 4.47. The van der Waals surface area contributed by atoms with Gasteiger partial charge in [-0.05, 0) is 72.4 Å². The van der Waals surface area contributed by atoms with E-state index in [0.717, 1.165) is 22.3 Å². The summed E-state index contributed by atoms with van der Waals surface area (Å²) in [5, 5.41) is 0.132. The van der Waals surface area contributed by atoms with E-state index in [4.69, 9.17) is 4.42 Å². The summed E-state index contributed by atoms with van der Waals surface area (Å²) in [5.41, 5.74) is 4.85. The van der Waals surface area contributed by atoms with E-state index < -0.39 is 11.9 Å². The minimum absolute atomic E-state index is 0.00951. The lowest BCUT2D eigenvalue weighted by Crippen LogP contribution is -2.29. The molecule has 1 atom stereocenters. The highest BCUT2D eigenvalue weighted by atomic mass is 19.1. The van der Waals surface area contributed by atoms with Gasteiger partial charge < -0.3 is 4.42 Å². The van der Waals surface area contributed by atoms with Gasteiger partial charge in [0.15, 0.2) is 5.43 Å². The molecule has 1 amide bonds. The van der Waals surface area contributed by atoms with E-state index in [9.17, 15) is 14.0 Å². The van der Waals surface area contributed by atoms with Crippen molar-refractivity contribution in [2.24, 2.45) is 0 Å². The van der Waals surface area contributed by atoms with Crippen LogP contribution in [0.5, 0.6) is 0 Å². The fourth-order valence-corrected chi connectivity index (χ4v) is 4.47. The number of hydrogen-bond donors (Lipinski definition) is 0. The van der Waals surface area contributed by atoms with Gasteiger partial charge >= 0.3 is 0 Å². The van der Waals surface area contributed by atoms with E-state index in [1.54, 1.807) is 4.90 Å². The van der Waals surface area contributed by atoms with Crippen LogP contribution in [0.1, 0.15) is 64.2 Å². The third-order valence-electron chi connectivity index (χ3n) is 6.52. The molecule has 0 fully saturated rings. The number of carbonyl (C=O) groups is 1. The summed E-state index contributed by atoms with van der Waals surface area (Å²) in [5.74, 6) is -0.544. The summed E-state index contributed by atoms with van der Waals surface area (Å²) in [7, 11) is 0. The Bertz CT molecular complexity index is 1470. The first kappa shape index (κ1) is 21.1. The monoisotopic (exact) mass is 441 g/mol. The molecule has 0 saturated heterocycles. The Morgan fingerprint density at radius 1 is 0.909 bits per heavy atom. The smallest absolute Gasteiger partial charge is 0.295 e. The first-order chi connectivity index (χ1) is 15.8. The molecule has 4 nitrogen and oxygen atoms in total. The van der Waals surface area contributed by atoms with Crippen molar-refractivity contribution in [2.45, 2.75) is 39.7 Å². The molecule has 2 heterocycles. The van der Waals surface area contributed by atoms with Crippen molar-refractivity contribution in [3.63, 3.8) is 0 Å². The molecule has 4 aromatic rings. The van der Waals surface area contributed by atoms with Gasteiger partial charge in [0, 0.05) is 5.69 Å². The van der Waals surface area contributed by atoms with Crippen LogP contribution in [-0.4, -0.2) is 5.91 Å². The predicted octanol–water partition coefficient (Wildman–Crippen LogP) is 6.42. The van der Waals surface area contributed by atoms with Crippen molar-refractivity contribution in [3.05, 3.63) is 110 Å². The van der Waals surface area contributed by atoms with Gasteiger partial charge in [-0.25, -0.2) is 4.39 Å². The Hall–Kier alpha value is -3.73. The minimum atomic E-state index is -0.667. The molecule has 0 spiro atoms. The van der Waals surface area contributed by atoms with Crippen molar-refractivity contribution in [1.82, 2.24) is 0 Å². The number of benzene rings is 3. The molecular weight excluding hydrogens is 417 g/mol. The lowest BCUT2D eigenvalue weighted by molar-refractivity contribution is 0.0971. The van der Waals surface area contributed by atoms with Crippen LogP contribution in [0.15, 0.2) is 69.9 Å². The maximum absolute atomic E-state index is 14.0. The van der Waals surface area contributed by atoms with Gasteiger partial charge in [0.2, 0.25) is 5.76 Å². The van der Waals surface area contributed by atoms with Gasteiger partial charge in [-0.15, -0.1) is 0 Å². The molecule has 1 aliphatic heterocycles. The number of anilines is 1. The maximum Gasteiger partial charge on any atom is 0.295 e. The molecule has 1 unspecified atom stereocenters. The molecule has 0 N–H and O–H groups in total. The molecule has 0 radical (unpaired) electrons. The molecule has 0 aliphatic carbocycles. The molecule has 1 aromatic heterocycles. The van der Waals surface area contributed by atoms with E-state index in [1.165, 1.54) is 18.2 Å². The van der Waals surface area contributed by atoms with Crippen molar-refractivity contribution < 1.29 is 13.6 Å². The molecule has 0 saturated carbocycles. The van der Waals surface area contributed by atoms with Gasteiger partial charge in [0.25, 0.3) is 5.91 Å². The van der Waals surface area contributed by atoms with Crippen LogP contribution in [0.2, 0.25) is 0 Å². The largest absolute Gasteiger partial charge is 0.450 e. The van der Waals surface area contributed by atoms with Gasteiger partial charge in [-0.2, -0.15) is 0 Å². The standard InChI is InChI=1S/C28H24FNO3/c1-15(2)18-6-8-19(9-7-18)25-24-26(31)22-14-20(29)10-12-23(22)33-27(24)28(32)30(25)21-11-5-16(3)17(4)13-21/h5-15,25H,1-4H3. The summed E-state index contributed by atoms with van der Waals surface area (Å²) in [4.78, 5) is 28.8. The van der Waals surface area contributed by atoms with Crippen molar-refractivity contribution in [2.75, 3.05) is 4.90 Å². The van der Waals surface area contributed by atoms with E-state index in [1.807, 2.05) is 56.3 Å². The molecule has 5 heteroatoms. The number of nitrogens with zero attached hydrogens (tertiary/aromatic N) is 1. The Balaban J connectivity index is 1.79. The van der Waals surface area contributed by atoms with Gasteiger partial charge in [-0.3, -0.25) is 14.5 Å². The van der Waals surface area contributed by atoms with Gasteiger partial charge in [-0.1, -0.05) is 44.2 Å². The van der Waals surface area contributed by atoms with Gasteiger partial charge in [0.05, 0.1) is 17.0 Å². The molecule has 3 aromatic carbocycles. The summed E-state index contributed by atoms with van der Waals surface area (Å²) in [6.45, 7) is 8.22. The van der Waals surface area contributed by atoms with E-state index in [0.29, 0.717) is 11.6 Å². The highest BCUT2D eigenvalue weighted by molar-refractivity contribution is 6.10. The van der Waals surface area contributed by atoms with Crippen molar-refractivity contribution in [3.8, 4) is 0 Å². The maximum atomic E-state index is 14.0. The Kier molecular flexibility index (Phi) is 4.93. The third kappa shape index (κ3) is 3.35. The first-order valence-corrected chi connectivity index (χ1v) is 11.0. The van der Waals surface area contributed by atoms with E-state index >= 15 is 0 Å². The minimum Gasteiger partial charge on any atom is -0.450 e. The van der Waals surface area contributed by atoms with Crippen molar-refractivity contribution >= 4 is 22.6 Å². The van der Waals surface area contributed by atoms with Crippen molar-refractivity contribution in [1.29, 1.82) is 0 Å². The number of rotatable bonds is 3. The second-order valence-corrected chi connectivity index (χ2v) is 8.98. The Morgan fingerprint density at radius 2 is 1.64 bits per heavy atom. The van der Waals surface area contributed by atoms with Crippen LogP contribution in [-0.2, 0) is 0 Å². The average Bonchev–Trinajstić information content (AvgIpc) is 3.09. The zero-order valence-electron chi connectivity index (χ0n) is 19.0. The number of halogens is 1. The van der Waals surface area contributed by atoms with Gasteiger partial charge in [0.1, 0.15) is 11.4 Å². The normalized spacial score (nSPS) is 15.5. The number of aryl methyl sites for hydroxylation is 2. The second kappa shape index (κ2) is 7.69. The molecule has 5 rings (SSSR count). The second-order valence-electron chi connectivity index (χ2n) is 8.98. The molecular formula is C28H24FNO3. The van der Waals surface area contributed by atoms with Crippen LogP contribution in [0.3, 0.4) is 0 Å². The highest BCUT2D eigenvalue weighted by Crippen LogP contribution is 2.41. The molecule has 1 aliphatic rings. The van der Waals surface area contributed by atoms with E-state index in [-0.39, 0.29) is 33.6 Å². The van der Waals surface area contributed by atoms with Crippen LogP contribution in [0.25, 0.3) is 11.0 Å². The van der Waals surface area contributed by atoms with Crippen LogP contribution in [0.4, 0.5) is 10.1 Å².